The average Bonchev–Trinajstić information content (AvgIpc) is 2.06. The second kappa shape index (κ2) is 4.16. The fourth-order valence-electron chi connectivity index (χ4n) is 0.907. The number of cyclic esters (lactones) is 2. The molecule has 1 aliphatic rings. The Bertz CT molecular complexity index is 138. The maximum absolute atomic E-state index is 12.6. The molecular formula is C7H11FO3. The van der Waals surface area contributed by atoms with Gasteiger partial charge in [-0.05, 0) is 19.3 Å². The van der Waals surface area contributed by atoms with E-state index in [1.807, 2.05) is 0 Å². The molecule has 0 radical (unpaired) electrons. The van der Waals surface area contributed by atoms with Gasteiger partial charge in [-0.2, -0.15) is 0 Å². The van der Waals surface area contributed by atoms with Gasteiger partial charge in [0.05, 0.1) is 6.61 Å². The zero-order valence-electron chi connectivity index (χ0n) is 6.22. The molecule has 64 valence electrons. The molecule has 0 spiro atoms. The highest BCUT2D eigenvalue weighted by Gasteiger charge is 2.13. The van der Waals surface area contributed by atoms with Gasteiger partial charge in [-0.25, -0.2) is 9.18 Å². The van der Waals surface area contributed by atoms with E-state index in [4.69, 9.17) is 0 Å². The lowest BCUT2D eigenvalue weighted by molar-refractivity contribution is 0.0439. The van der Waals surface area contributed by atoms with E-state index in [0.717, 1.165) is 12.8 Å². The van der Waals surface area contributed by atoms with Crippen LogP contribution in [0.5, 0.6) is 0 Å². The maximum Gasteiger partial charge on any atom is 0.508 e. The van der Waals surface area contributed by atoms with Gasteiger partial charge in [0.25, 0.3) is 0 Å². The molecule has 4 heteroatoms. The number of hydrogen-bond acceptors (Lipinski definition) is 3. The van der Waals surface area contributed by atoms with Crippen molar-refractivity contribution in [2.75, 3.05) is 13.2 Å². The summed E-state index contributed by atoms with van der Waals surface area (Å²) in [7, 11) is 0. The van der Waals surface area contributed by atoms with E-state index in [1.54, 1.807) is 0 Å². The molecule has 11 heavy (non-hydrogen) atoms. The van der Waals surface area contributed by atoms with Gasteiger partial charge in [0.2, 0.25) is 0 Å². The highest BCUT2D eigenvalue weighted by molar-refractivity contribution is 5.59. The molecule has 1 fully saturated rings. The molecule has 1 rings (SSSR count). The monoisotopic (exact) mass is 162 g/mol. The molecule has 0 N–H and O–H groups in total. The van der Waals surface area contributed by atoms with E-state index < -0.39 is 12.3 Å². The van der Waals surface area contributed by atoms with Gasteiger partial charge in [0, 0.05) is 0 Å². The third-order valence-electron chi connectivity index (χ3n) is 1.51. The number of hydrogen-bond donors (Lipinski definition) is 0. The van der Waals surface area contributed by atoms with Gasteiger partial charge in [-0.15, -0.1) is 0 Å². The number of rotatable bonds is 0. The Morgan fingerprint density at radius 3 is 3.00 bits per heavy atom. The Kier molecular flexibility index (Phi) is 3.14. The maximum atomic E-state index is 12.6. The van der Waals surface area contributed by atoms with Gasteiger partial charge < -0.3 is 9.47 Å². The Morgan fingerprint density at radius 2 is 2.18 bits per heavy atom. The molecule has 1 aliphatic heterocycles. The van der Waals surface area contributed by atoms with Crippen molar-refractivity contribution in [3.8, 4) is 0 Å². The first-order chi connectivity index (χ1) is 5.29. The smallest absolute Gasteiger partial charge is 0.434 e. The fourth-order valence-corrected chi connectivity index (χ4v) is 0.907. The van der Waals surface area contributed by atoms with Crippen LogP contribution in [0.2, 0.25) is 0 Å². The molecule has 0 aromatic rings. The summed E-state index contributed by atoms with van der Waals surface area (Å²) < 4.78 is 21.7. The molecule has 0 aromatic carbocycles. The Labute approximate surface area is 64.5 Å². The number of alkyl halides is 1. The summed E-state index contributed by atoms with van der Waals surface area (Å²) in [4.78, 5) is 10.5. The lowest BCUT2D eigenvalue weighted by Gasteiger charge is -2.04. The van der Waals surface area contributed by atoms with Crippen LogP contribution in [-0.4, -0.2) is 25.5 Å². The highest BCUT2D eigenvalue weighted by atomic mass is 19.1. The predicted octanol–water partition coefficient (Wildman–Crippen LogP) is 1.66. The molecule has 0 aliphatic carbocycles. The largest absolute Gasteiger partial charge is 0.508 e. The van der Waals surface area contributed by atoms with Crippen molar-refractivity contribution >= 4 is 6.16 Å². The quantitative estimate of drug-likeness (QED) is 0.508. The van der Waals surface area contributed by atoms with Crippen LogP contribution >= 0.6 is 0 Å². The van der Waals surface area contributed by atoms with E-state index in [-0.39, 0.29) is 6.61 Å². The summed E-state index contributed by atoms with van der Waals surface area (Å²) in [5.41, 5.74) is 0. The summed E-state index contributed by atoms with van der Waals surface area (Å²) >= 11 is 0. The lowest BCUT2D eigenvalue weighted by atomic mass is 10.2. The zero-order chi connectivity index (χ0) is 8.10. The van der Waals surface area contributed by atoms with Crippen LogP contribution < -0.4 is 0 Å². The van der Waals surface area contributed by atoms with Crippen molar-refractivity contribution in [3.63, 3.8) is 0 Å². The highest BCUT2D eigenvalue weighted by Crippen LogP contribution is 2.08. The second-order valence-corrected chi connectivity index (χ2v) is 2.50. The van der Waals surface area contributed by atoms with Crippen LogP contribution in [0.4, 0.5) is 9.18 Å². The fraction of sp³-hybridized carbons (Fsp3) is 0.857. The third-order valence-corrected chi connectivity index (χ3v) is 1.51. The molecule has 1 heterocycles. The normalized spacial score (nSPS) is 27.4. The minimum Gasteiger partial charge on any atom is -0.434 e. The first-order valence-electron chi connectivity index (χ1n) is 3.72. The summed E-state index contributed by atoms with van der Waals surface area (Å²) in [5, 5.41) is 0. The van der Waals surface area contributed by atoms with Crippen molar-refractivity contribution in [1.82, 2.24) is 0 Å². The van der Waals surface area contributed by atoms with E-state index in [2.05, 4.69) is 9.47 Å². The molecule has 0 saturated carbocycles. The SMILES string of the molecule is O=C1OCCCCC(F)CO1. The van der Waals surface area contributed by atoms with Gasteiger partial charge in [0.1, 0.15) is 12.8 Å². The van der Waals surface area contributed by atoms with Crippen LogP contribution in [0.3, 0.4) is 0 Å². The minimum atomic E-state index is -1.03. The second-order valence-electron chi connectivity index (χ2n) is 2.50. The van der Waals surface area contributed by atoms with Crippen LogP contribution in [0.25, 0.3) is 0 Å². The number of carbonyl (C=O) groups excluding carboxylic acids is 1. The number of ether oxygens (including phenoxy) is 2. The van der Waals surface area contributed by atoms with Crippen LogP contribution in [0.15, 0.2) is 0 Å². The van der Waals surface area contributed by atoms with Gasteiger partial charge in [-0.3, -0.25) is 0 Å². The molecule has 0 aromatic heterocycles. The molecule has 3 nitrogen and oxygen atoms in total. The number of carbonyl (C=O) groups is 1. The van der Waals surface area contributed by atoms with Crippen LogP contribution in [0, 0.1) is 0 Å². The first-order valence-corrected chi connectivity index (χ1v) is 3.72. The van der Waals surface area contributed by atoms with E-state index in [1.165, 1.54) is 0 Å². The Balaban J connectivity index is 2.31. The molecule has 1 unspecified atom stereocenters. The van der Waals surface area contributed by atoms with Crippen molar-refractivity contribution in [2.45, 2.75) is 25.4 Å². The predicted molar refractivity (Wildman–Crippen MR) is 36.0 cm³/mol. The molecule has 0 bridgehead atoms. The van der Waals surface area contributed by atoms with Crippen molar-refractivity contribution < 1.29 is 18.7 Å². The third kappa shape index (κ3) is 3.20. The van der Waals surface area contributed by atoms with Crippen molar-refractivity contribution in [1.29, 1.82) is 0 Å². The summed E-state index contributed by atoms with van der Waals surface area (Å²) in [6.07, 6.45) is 0.138. The van der Waals surface area contributed by atoms with Crippen molar-refractivity contribution in [2.24, 2.45) is 0 Å². The van der Waals surface area contributed by atoms with Crippen LogP contribution in [-0.2, 0) is 9.47 Å². The topological polar surface area (TPSA) is 35.5 Å². The van der Waals surface area contributed by atoms with Crippen molar-refractivity contribution in [3.05, 3.63) is 0 Å². The summed E-state index contributed by atoms with van der Waals surface area (Å²) in [5.74, 6) is 0. The zero-order valence-corrected chi connectivity index (χ0v) is 6.22. The van der Waals surface area contributed by atoms with E-state index in [0.29, 0.717) is 13.0 Å². The van der Waals surface area contributed by atoms with E-state index in [9.17, 15) is 9.18 Å². The Hall–Kier alpha value is -0.800. The average molecular weight is 162 g/mol. The first kappa shape index (κ1) is 8.30. The molecule has 1 saturated heterocycles. The molecule has 1 atom stereocenters. The number of halogens is 1. The van der Waals surface area contributed by atoms with Crippen LogP contribution in [0.1, 0.15) is 19.3 Å². The van der Waals surface area contributed by atoms with E-state index >= 15 is 0 Å². The minimum absolute atomic E-state index is 0.168. The van der Waals surface area contributed by atoms with Gasteiger partial charge >= 0.3 is 6.16 Å². The lowest BCUT2D eigenvalue weighted by Crippen LogP contribution is -2.13. The Morgan fingerprint density at radius 1 is 1.36 bits per heavy atom. The van der Waals surface area contributed by atoms with Gasteiger partial charge in [0.15, 0.2) is 0 Å². The molecule has 0 amide bonds. The molecular weight excluding hydrogens is 151 g/mol. The summed E-state index contributed by atoms with van der Waals surface area (Å²) in [6, 6.07) is 0. The standard InChI is InChI=1S/C7H11FO3/c8-6-3-1-2-4-10-7(9)11-5-6/h6H,1-5H2. The summed E-state index contributed by atoms with van der Waals surface area (Å²) in [6.45, 7) is 0.171. The van der Waals surface area contributed by atoms with Gasteiger partial charge in [-0.1, -0.05) is 0 Å².